The zero-order valence-electron chi connectivity index (χ0n) is 11.8. The topological polar surface area (TPSA) is 42.4 Å². The van der Waals surface area contributed by atoms with Gasteiger partial charge in [-0.25, -0.2) is 4.98 Å². The van der Waals surface area contributed by atoms with Crippen LogP contribution in [0.25, 0.3) is 0 Å². The van der Waals surface area contributed by atoms with Crippen LogP contribution in [0.5, 0.6) is 0 Å². The molecule has 2 saturated heterocycles. The predicted octanol–water partition coefficient (Wildman–Crippen LogP) is 2.35. The van der Waals surface area contributed by atoms with E-state index < -0.39 is 5.95 Å². The summed E-state index contributed by atoms with van der Waals surface area (Å²) in [5.41, 5.74) is 0.373. The maximum atomic E-state index is 13.3. The summed E-state index contributed by atoms with van der Waals surface area (Å²) >= 11 is 1.86. The molecule has 4 nitrogen and oxygen atoms in total. The predicted molar refractivity (Wildman–Crippen MR) is 79.9 cm³/mol. The number of aromatic nitrogens is 1. The minimum atomic E-state index is -0.612. The molecule has 2 aliphatic heterocycles. The lowest BCUT2D eigenvalue weighted by Crippen LogP contribution is -2.44. The minimum Gasteiger partial charge on any atom is -0.376 e. The van der Waals surface area contributed by atoms with Crippen molar-refractivity contribution in [2.75, 3.05) is 24.7 Å². The third-order valence-corrected chi connectivity index (χ3v) is 5.15. The molecule has 6 heteroatoms. The Morgan fingerprint density at radius 1 is 1.52 bits per heavy atom. The van der Waals surface area contributed by atoms with Crippen LogP contribution in [-0.4, -0.2) is 52.6 Å². The second-order valence-corrected chi connectivity index (χ2v) is 6.63. The van der Waals surface area contributed by atoms with E-state index >= 15 is 0 Å². The van der Waals surface area contributed by atoms with E-state index in [2.05, 4.69) is 4.98 Å². The average molecular weight is 310 g/mol. The second kappa shape index (κ2) is 6.75. The highest BCUT2D eigenvalue weighted by Crippen LogP contribution is 2.26. The Kier molecular flexibility index (Phi) is 4.75. The zero-order valence-corrected chi connectivity index (χ0v) is 12.7. The first-order valence-electron chi connectivity index (χ1n) is 7.36. The lowest BCUT2D eigenvalue weighted by atomic mass is 10.1. The summed E-state index contributed by atoms with van der Waals surface area (Å²) in [4.78, 5) is 18.1. The van der Waals surface area contributed by atoms with Crippen LogP contribution in [0.2, 0.25) is 0 Å². The van der Waals surface area contributed by atoms with Crippen molar-refractivity contribution < 1.29 is 13.9 Å². The number of hydrogen-bond donors (Lipinski definition) is 0. The third kappa shape index (κ3) is 3.55. The highest BCUT2D eigenvalue weighted by molar-refractivity contribution is 7.99. The highest BCUT2D eigenvalue weighted by Gasteiger charge is 2.31. The van der Waals surface area contributed by atoms with E-state index in [1.54, 1.807) is 6.07 Å². The second-order valence-electron chi connectivity index (χ2n) is 5.48. The molecule has 0 N–H and O–H groups in total. The van der Waals surface area contributed by atoms with Gasteiger partial charge in [-0.1, -0.05) is 0 Å². The average Bonchev–Trinajstić information content (AvgIpc) is 3.17. The van der Waals surface area contributed by atoms with Crippen LogP contribution in [0.3, 0.4) is 0 Å². The van der Waals surface area contributed by atoms with Crippen molar-refractivity contribution in [1.82, 2.24) is 9.88 Å². The van der Waals surface area contributed by atoms with Crippen LogP contribution in [0.4, 0.5) is 4.39 Å². The summed E-state index contributed by atoms with van der Waals surface area (Å²) in [6, 6.07) is 3.02. The van der Waals surface area contributed by atoms with E-state index in [1.165, 1.54) is 12.3 Å². The number of halogens is 1. The minimum absolute atomic E-state index is 0.112. The van der Waals surface area contributed by atoms with Gasteiger partial charge in [0, 0.05) is 42.8 Å². The van der Waals surface area contributed by atoms with Crippen molar-refractivity contribution in [1.29, 1.82) is 0 Å². The number of carbonyl (C=O) groups is 1. The van der Waals surface area contributed by atoms with Crippen LogP contribution in [-0.2, 0) is 4.74 Å². The van der Waals surface area contributed by atoms with Crippen LogP contribution in [0.15, 0.2) is 18.3 Å². The van der Waals surface area contributed by atoms with Gasteiger partial charge >= 0.3 is 0 Å². The summed E-state index contributed by atoms with van der Waals surface area (Å²) in [7, 11) is 0. The summed E-state index contributed by atoms with van der Waals surface area (Å²) in [5.74, 6) is 1.30. The first kappa shape index (κ1) is 14.8. The Balaban J connectivity index is 1.77. The normalized spacial score (nSPS) is 25.2. The molecule has 0 spiro atoms. The molecule has 114 valence electrons. The largest absolute Gasteiger partial charge is 0.376 e. The third-order valence-electron chi connectivity index (χ3n) is 4.01. The fraction of sp³-hybridized carbons (Fsp3) is 0.600. The molecule has 1 amide bonds. The van der Waals surface area contributed by atoms with Crippen molar-refractivity contribution in [3.8, 4) is 0 Å². The molecule has 1 aromatic rings. The van der Waals surface area contributed by atoms with Gasteiger partial charge in [-0.2, -0.15) is 16.2 Å². The van der Waals surface area contributed by atoms with Gasteiger partial charge in [0.25, 0.3) is 5.91 Å². The Morgan fingerprint density at radius 2 is 2.43 bits per heavy atom. The van der Waals surface area contributed by atoms with Gasteiger partial charge < -0.3 is 9.64 Å². The Bertz CT molecular complexity index is 502. The molecule has 0 saturated carbocycles. The fourth-order valence-corrected chi connectivity index (χ4v) is 4.10. The Labute approximate surface area is 128 Å². The summed E-state index contributed by atoms with van der Waals surface area (Å²) in [6.07, 6.45) is 4.50. The number of hydrogen-bond acceptors (Lipinski definition) is 4. The van der Waals surface area contributed by atoms with Crippen LogP contribution < -0.4 is 0 Å². The molecular formula is C15H19FN2O2S. The van der Waals surface area contributed by atoms with E-state index in [0.717, 1.165) is 37.4 Å². The van der Waals surface area contributed by atoms with Gasteiger partial charge in [0.15, 0.2) is 0 Å². The molecule has 0 radical (unpaired) electrons. The van der Waals surface area contributed by atoms with Gasteiger partial charge in [-0.15, -0.1) is 0 Å². The molecule has 2 unspecified atom stereocenters. The molecule has 3 rings (SSSR count). The maximum absolute atomic E-state index is 13.3. The molecule has 2 aliphatic rings. The van der Waals surface area contributed by atoms with Gasteiger partial charge in [0.2, 0.25) is 5.95 Å². The molecular weight excluding hydrogens is 291 g/mol. The van der Waals surface area contributed by atoms with Crippen molar-refractivity contribution >= 4 is 17.7 Å². The van der Waals surface area contributed by atoms with E-state index in [9.17, 15) is 9.18 Å². The van der Waals surface area contributed by atoms with Gasteiger partial charge in [-0.3, -0.25) is 4.79 Å². The summed E-state index contributed by atoms with van der Waals surface area (Å²) < 4.78 is 18.9. The van der Waals surface area contributed by atoms with Gasteiger partial charge in [0.05, 0.1) is 6.10 Å². The number of carbonyl (C=O) groups excluding carboxylic acids is 1. The first-order chi connectivity index (χ1) is 10.2. The SMILES string of the molecule is O=C(c1ccnc(F)c1)N(CC1CCCO1)C1CCSC1. The number of nitrogens with zero attached hydrogens (tertiary/aromatic N) is 2. The van der Waals surface area contributed by atoms with Crippen molar-refractivity contribution in [2.45, 2.75) is 31.4 Å². The number of thioether (sulfide) groups is 1. The molecule has 0 aromatic carbocycles. The van der Waals surface area contributed by atoms with E-state index in [1.807, 2.05) is 16.7 Å². The smallest absolute Gasteiger partial charge is 0.254 e. The number of pyridine rings is 1. The monoisotopic (exact) mass is 310 g/mol. The number of rotatable bonds is 4. The van der Waals surface area contributed by atoms with Crippen LogP contribution in [0, 0.1) is 5.95 Å². The molecule has 0 bridgehead atoms. The number of ether oxygens (including phenoxy) is 1. The fourth-order valence-electron chi connectivity index (χ4n) is 2.87. The molecule has 0 aliphatic carbocycles. The quantitative estimate of drug-likeness (QED) is 0.801. The molecule has 2 atom stereocenters. The van der Waals surface area contributed by atoms with Gasteiger partial charge in [-0.05, 0) is 31.1 Å². The lowest BCUT2D eigenvalue weighted by Gasteiger charge is -2.30. The van der Waals surface area contributed by atoms with Crippen molar-refractivity contribution in [3.63, 3.8) is 0 Å². The van der Waals surface area contributed by atoms with Crippen molar-refractivity contribution in [3.05, 3.63) is 29.8 Å². The first-order valence-corrected chi connectivity index (χ1v) is 8.51. The molecule has 3 heterocycles. The van der Waals surface area contributed by atoms with E-state index in [-0.39, 0.29) is 18.1 Å². The summed E-state index contributed by atoms with van der Waals surface area (Å²) in [5, 5.41) is 0. The lowest BCUT2D eigenvalue weighted by molar-refractivity contribution is 0.0441. The van der Waals surface area contributed by atoms with E-state index in [0.29, 0.717) is 12.1 Å². The van der Waals surface area contributed by atoms with E-state index in [4.69, 9.17) is 4.74 Å². The van der Waals surface area contributed by atoms with Crippen LogP contribution >= 0.6 is 11.8 Å². The Hall–Kier alpha value is -1.14. The zero-order chi connectivity index (χ0) is 14.7. The number of amides is 1. The van der Waals surface area contributed by atoms with Crippen molar-refractivity contribution in [2.24, 2.45) is 0 Å². The summed E-state index contributed by atoms with van der Waals surface area (Å²) in [6.45, 7) is 1.38. The standard InChI is InChI=1S/C15H19FN2O2S/c16-14-8-11(3-5-17-14)15(19)18(12-4-7-21-10-12)9-13-2-1-6-20-13/h3,5,8,12-13H,1-2,4,6-7,9-10H2. The maximum Gasteiger partial charge on any atom is 0.254 e. The highest BCUT2D eigenvalue weighted by atomic mass is 32.2. The molecule has 2 fully saturated rings. The Morgan fingerprint density at radius 3 is 3.10 bits per heavy atom. The van der Waals surface area contributed by atoms with Crippen LogP contribution in [0.1, 0.15) is 29.6 Å². The van der Waals surface area contributed by atoms with Gasteiger partial charge in [0.1, 0.15) is 0 Å². The molecule has 1 aromatic heterocycles. The molecule has 21 heavy (non-hydrogen) atoms.